The van der Waals surface area contributed by atoms with E-state index in [0.29, 0.717) is 5.92 Å². The van der Waals surface area contributed by atoms with E-state index >= 15 is 0 Å². The molecule has 0 aliphatic rings. The van der Waals surface area contributed by atoms with Gasteiger partial charge >= 0.3 is 0 Å². The van der Waals surface area contributed by atoms with Crippen LogP contribution in [0.25, 0.3) is 0 Å². The highest BCUT2D eigenvalue weighted by Crippen LogP contribution is 2.09. The Morgan fingerprint density at radius 3 is 2.20 bits per heavy atom. The van der Waals surface area contributed by atoms with Crippen LogP contribution in [0.4, 0.5) is 0 Å². The lowest BCUT2D eigenvalue weighted by atomic mass is 9.98. The fourth-order valence-corrected chi connectivity index (χ4v) is 1.44. The lowest BCUT2D eigenvalue weighted by Gasteiger charge is -2.26. The largest absolute Gasteiger partial charge is 0.344 e. The van der Waals surface area contributed by atoms with Crippen LogP contribution in [0, 0.1) is 11.8 Å². The van der Waals surface area contributed by atoms with Crippen molar-refractivity contribution < 1.29 is 4.79 Å². The molecule has 1 amide bonds. The van der Waals surface area contributed by atoms with Gasteiger partial charge in [-0.15, -0.1) is 0 Å². The second-order valence-electron chi connectivity index (χ2n) is 4.64. The fourth-order valence-electron chi connectivity index (χ4n) is 1.44. The van der Waals surface area contributed by atoms with Crippen molar-refractivity contribution in [3.63, 3.8) is 0 Å². The number of hydrogen-bond acceptors (Lipinski definition) is 2. The Kier molecular flexibility index (Phi) is 6.57. The Balaban J connectivity index is 4.19. The molecule has 0 aliphatic carbocycles. The van der Waals surface area contributed by atoms with Gasteiger partial charge in [-0.1, -0.05) is 40.5 Å². The number of nitrogens with zero attached hydrogens (tertiary/aromatic N) is 1. The zero-order valence-corrected chi connectivity index (χ0v) is 10.8. The van der Waals surface area contributed by atoms with Gasteiger partial charge in [-0.05, 0) is 11.8 Å². The number of rotatable bonds is 6. The summed E-state index contributed by atoms with van der Waals surface area (Å²) < 4.78 is 0. The molecule has 3 heteroatoms. The SMILES string of the molecule is CCC(C)CN(C)C(=O)C(N)C(C)CC. The van der Waals surface area contributed by atoms with Gasteiger partial charge in [0, 0.05) is 13.6 Å². The molecular formula is C12H26N2O. The summed E-state index contributed by atoms with van der Waals surface area (Å²) in [7, 11) is 1.84. The smallest absolute Gasteiger partial charge is 0.239 e. The first-order valence-corrected chi connectivity index (χ1v) is 5.94. The molecule has 0 aromatic heterocycles. The van der Waals surface area contributed by atoms with Gasteiger partial charge in [-0.25, -0.2) is 0 Å². The van der Waals surface area contributed by atoms with Crippen LogP contribution in [0.1, 0.15) is 40.5 Å². The number of amides is 1. The standard InChI is InChI=1S/C12H26N2O/c1-6-9(3)8-14(5)12(15)11(13)10(4)7-2/h9-11H,6-8,13H2,1-5H3. The number of hydrogen-bond donors (Lipinski definition) is 1. The Bertz CT molecular complexity index is 194. The quantitative estimate of drug-likeness (QED) is 0.733. The van der Waals surface area contributed by atoms with Gasteiger partial charge in [0.15, 0.2) is 0 Å². The van der Waals surface area contributed by atoms with Crippen LogP contribution in [0.15, 0.2) is 0 Å². The average Bonchev–Trinajstić information content (AvgIpc) is 2.25. The molecule has 0 bridgehead atoms. The maximum atomic E-state index is 11.9. The van der Waals surface area contributed by atoms with E-state index in [9.17, 15) is 4.79 Å². The molecule has 0 radical (unpaired) electrons. The maximum Gasteiger partial charge on any atom is 0.239 e. The summed E-state index contributed by atoms with van der Waals surface area (Å²) in [5, 5.41) is 0. The third-order valence-corrected chi connectivity index (χ3v) is 3.20. The molecule has 3 nitrogen and oxygen atoms in total. The highest BCUT2D eigenvalue weighted by Gasteiger charge is 2.23. The fraction of sp³-hybridized carbons (Fsp3) is 0.917. The van der Waals surface area contributed by atoms with Crippen molar-refractivity contribution in [1.29, 1.82) is 0 Å². The third-order valence-electron chi connectivity index (χ3n) is 3.20. The van der Waals surface area contributed by atoms with Gasteiger partial charge in [0.1, 0.15) is 0 Å². The second kappa shape index (κ2) is 6.83. The topological polar surface area (TPSA) is 46.3 Å². The highest BCUT2D eigenvalue weighted by molar-refractivity contribution is 5.81. The first-order valence-electron chi connectivity index (χ1n) is 5.94. The summed E-state index contributed by atoms with van der Waals surface area (Å²) in [5.74, 6) is 0.879. The Morgan fingerprint density at radius 1 is 1.27 bits per heavy atom. The summed E-state index contributed by atoms with van der Waals surface area (Å²) >= 11 is 0. The number of nitrogens with two attached hydrogens (primary N) is 1. The van der Waals surface area contributed by atoms with Crippen molar-refractivity contribution >= 4 is 5.91 Å². The molecule has 3 atom stereocenters. The minimum Gasteiger partial charge on any atom is -0.344 e. The van der Waals surface area contributed by atoms with Gasteiger partial charge in [-0.3, -0.25) is 4.79 Å². The van der Waals surface area contributed by atoms with E-state index in [-0.39, 0.29) is 17.9 Å². The molecule has 0 aromatic carbocycles. The van der Waals surface area contributed by atoms with E-state index in [0.717, 1.165) is 19.4 Å². The molecule has 90 valence electrons. The van der Waals surface area contributed by atoms with Gasteiger partial charge < -0.3 is 10.6 Å². The number of carbonyl (C=O) groups is 1. The van der Waals surface area contributed by atoms with Crippen molar-refractivity contribution in [2.75, 3.05) is 13.6 Å². The van der Waals surface area contributed by atoms with E-state index < -0.39 is 0 Å². The van der Waals surface area contributed by atoms with E-state index in [1.807, 2.05) is 14.0 Å². The van der Waals surface area contributed by atoms with Crippen LogP contribution in [0.3, 0.4) is 0 Å². The van der Waals surface area contributed by atoms with Crippen LogP contribution >= 0.6 is 0 Å². The van der Waals surface area contributed by atoms with Crippen LogP contribution in [-0.2, 0) is 4.79 Å². The van der Waals surface area contributed by atoms with Gasteiger partial charge in [-0.2, -0.15) is 0 Å². The summed E-state index contributed by atoms with van der Waals surface area (Å²) in [6, 6.07) is -0.343. The predicted octanol–water partition coefficient (Wildman–Crippen LogP) is 1.86. The van der Waals surface area contributed by atoms with Crippen molar-refractivity contribution in [2.45, 2.75) is 46.6 Å². The lowest BCUT2D eigenvalue weighted by Crippen LogP contribution is -2.46. The Hall–Kier alpha value is -0.570. The molecule has 0 spiro atoms. The van der Waals surface area contributed by atoms with Crippen LogP contribution in [0.2, 0.25) is 0 Å². The molecule has 0 saturated carbocycles. The van der Waals surface area contributed by atoms with E-state index in [1.165, 1.54) is 0 Å². The molecule has 0 saturated heterocycles. The monoisotopic (exact) mass is 214 g/mol. The van der Waals surface area contributed by atoms with E-state index in [1.54, 1.807) is 4.90 Å². The summed E-state index contributed by atoms with van der Waals surface area (Å²) in [6.45, 7) is 9.18. The Morgan fingerprint density at radius 2 is 1.80 bits per heavy atom. The van der Waals surface area contributed by atoms with Crippen molar-refractivity contribution in [2.24, 2.45) is 17.6 Å². The van der Waals surface area contributed by atoms with Gasteiger partial charge in [0.25, 0.3) is 0 Å². The van der Waals surface area contributed by atoms with E-state index in [2.05, 4.69) is 20.8 Å². The average molecular weight is 214 g/mol. The molecule has 0 rings (SSSR count). The maximum absolute atomic E-state index is 11.9. The Labute approximate surface area is 94.0 Å². The zero-order chi connectivity index (χ0) is 12.0. The highest BCUT2D eigenvalue weighted by atomic mass is 16.2. The van der Waals surface area contributed by atoms with Crippen molar-refractivity contribution in [3.8, 4) is 0 Å². The summed E-state index contributed by atoms with van der Waals surface area (Å²) in [4.78, 5) is 13.7. The molecule has 0 aromatic rings. The number of likely N-dealkylation sites (N-methyl/N-ethyl adjacent to an activating group) is 1. The predicted molar refractivity (Wildman–Crippen MR) is 64.5 cm³/mol. The molecule has 0 heterocycles. The molecule has 2 N–H and O–H groups in total. The third kappa shape index (κ3) is 4.65. The number of carbonyl (C=O) groups excluding carboxylic acids is 1. The van der Waals surface area contributed by atoms with Crippen LogP contribution < -0.4 is 5.73 Å². The first-order chi connectivity index (χ1) is 6.93. The zero-order valence-electron chi connectivity index (χ0n) is 10.8. The van der Waals surface area contributed by atoms with Crippen LogP contribution in [0.5, 0.6) is 0 Å². The molecule has 15 heavy (non-hydrogen) atoms. The lowest BCUT2D eigenvalue weighted by molar-refractivity contribution is -0.132. The molecular weight excluding hydrogens is 188 g/mol. The van der Waals surface area contributed by atoms with Gasteiger partial charge in [0.05, 0.1) is 6.04 Å². The minimum absolute atomic E-state index is 0.0738. The molecule has 3 unspecified atom stereocenters. The normalized spacial score (nSPS) is 16.9. The van der Waals surface area contributed by atoms with Crippen molar-refractivity contribution in [3.05, 3.63) is 0 Å². The molecule has 0 fully saturated rings. The summed E-state index contributed by atoms with van der Waals surface area (Å²) in [5.41, 5.74) is 5.90. The second-order valence-corrected chi connectivity index (χ2v) is 4.64. The van der Waals surface area contributed by atoms with E-state index in [4.69, 9.17) is 5.73 Å². The van der Waals surface area contributed by atoms with Gasteiger partial charge in [0.2, 0.25) is 5.91 Å². The summed E-state index contributed by atoms with van der Waals surface area (Å²) in [6.07, 6.45) is 2.04. The van der Waals surface area contributed by atoms with Crippen molar-refractivity contribution in [1.82, 2.24) is 4.90 Å². The van der Waals surface area contributed by atoms with Crippen LogP contribution in [-0.4, -0.2) is 30.4 Å². The first kappa shape index (κ1) is 14.4. The minimum atomic E-state index is -0.343. The molecule has 0 aliphatic heterocycles.